The van der Waals surface area contributed by atoms with Crippen LogP contribution in [0.15, 0.2) is 51.4 Å². The van der Waals surface area contributed by atoms with Crippen LogP contribution in [0, 0.1) is 5.92 Å². The van der Waals surface area contributed by atoms with Crippen LogP contribution in [0.25, 0.3) is 21.8 Å². The molecule has 0 bridgehead atoms. The van der Waals surface area contributed by atoms with Crippen LogP contribution < -0.4 is 0 Å². The molecule has 4 nitrogen and oxygen atoms in total. The van der Waals surface area contributed by atoms with E-state index < -0.39 is 10.0 Å². The molecule has 3 aromatic rings. The van der Waals surface area contributed by atoms with Crippen LogP contribution in [-0.4, -0.2) is 30.8 Å². The monoisotopic (exact) mass is 404 g/mol. The third-order valence-electron chi connectivity index (χ3n) is 4.80. The van der Waals surface area contributed by atoms with Crippen molar-refractivity contribution in [2.75, 3.05) is 13.1 Å². The number of hydrogen-bond acceptors (Lipinski definition) is 5. The molecule has 1 fully saturated rings. The average molecular weight is 405 g/mol. The van der Waals surface area contributed by atoms with E-state index in [4.69, 9.17) is 0 Å². The first-order valence-electron chi connectivity index (χ1n) is 8.63. The van der Waals surface area contributed by atoms with Gasteiger partial charge in [0.05, 0.1) is 10.6 Å². The SMILES string of the molecule is CC1CCN(S(=O)(=O)c2ccc(-c3csc(-c4ccsc4)n3)cc2)CC1. The Labute approximate surface area is 162 Å². The zero-order valence-electron chi connectivity index (χ0n) is 14.5. The molecular weight excluding hydrogens is 384 g/mol. The largest absolute Gasteiger partial charge is 0.243 e. The van der Waals surface area contributed by atoms with Crippen LogP contribution in [0.3, 0.4) is 0 Å². The minimum Gasteiger partial charge on any atom is -0.236 e. The highest BCUT2D eigenvalue weighted by Gasteiger charge is 2.27. The molecule has 2 aromatic heterocycles. The van der Waals surface area contributed by atoms with Crippen molar-refractivity contribution in [1.29, 1.82) is 0 Å². The highest BCUT2D eigenvalue weighted by molar-refractivity contribution is 7.89. The fraction of sp³-hybridized carbons (Fsp3) is 0.316. The minimum absolute atomic E-state index is 0.365. The van der Waals surface area contributed by atoms with Crippen molar-refractivity contribution >= 4 is 32.7 Å². The number of piperidine rings is 1. The van der Waals surface area contributed by atoms with Gasteiger partial charge in [-0.3, -0.25) is 0 Å². The summed E-state index contributed by atoms with van der Waals surface area (Å²) in [5.41, 5.74) is 2.95. The molecule has 0 unspecified atom stereocenters. The van der Waals surface area contributed by atoms with Gasteiger partial charge in [-0.2, -0.15) is 15.6 Å². The standard InChI is InChI=1S/C19H20N2O2S3/c1-14-6-9-21(10-7-14)26(22,23)17-4-2-15(3-5-17)18-13-25-19(20-18)16-8-11-24-12-16/h2-5,8,11-14H,6-7,9-10H2,1H3. The Hall–Kier alpha value is -1.54. The summed E-state index contributed by atoms with van der Waals surface area (Å²) in [5.74, 6) is 0.603. The molecule has 1 aliphatic heterocycles. The number of rotatable bonds is 4. The van der Waals surface area contributed by atoms with E-state index in [2.05, 4.69) is 23.4 Å². The highest BCUT2D eigenvalue weighted by Crippen LogP contribution is 2.31. The van der Waals surface area contributed by atoms with Crippen LogP contribution >= 0.6 is 22.7 Å². The van der Waals surface area contributed by atoms with Gasteiger partial charge < -0.3 is 0 Å². The van der Waals surface area contributed by atoms with Crippen molar-refractivity contribution in [1.82, 2.24) is 9.29 Å². The summed E-state index contributed by atoms with van der Waals surface area (Å²) in [6.07, 6.45) is 1.86. The third kappa shape index (κ3) is 3.49. The van der Waals surface area contributed by atoms with Gasteiger partial charge in [-0.15, -0.1) is 11.3 Å². The average Bonchev–Trinajstić information content (AvgIpc) is 3.34. The van der Waals surface area contributed by atoms with E-state index >= 15 is 0 Å². The molecule has 0 atom stereocenters. The summed E-state index contributed by atoms with van der Waals surface area (Å²) < 4.78 is 27.2. The molecule has 7 heteroatoms. The Kier molecular flexibility index (Phi) is 4.96. The van der Waals surface area contributed by atoms with E-state index in [1.165, 1.54) is 0 Å². The van der Waals surface area contributed by atoms with Gasteiger partial charge in [-0.1, -0.05) is 19.1 Å². The van der Waals surface area contributed by atoms with Gasteiger partial charge in [-0.05, 0) is 42.3 Å². The Morgan fingerprint density at radius 1 is 1.04 bits per heavy atom. The molecule has 136 valence electrons. The molecule has 0 saturated carbocycles. The molecule has 1 aromatic carbocycles. The summed E-state index contributed by atoms with van der Waals surface area (Å²) in [6.45, 7) is 3.40. The fourth-order valence-corrected chi connectivity index (χ4v) is 6.11. The predicted molar refractivity (Wildman–Crippen MR) is 108 cm³/mol. The number of thiophene rings is 1. The molecule has 1 aliphatic rings. The summed E-state index contributed by atoms with van der Waals surface area (Å²) >= 11 is 3.26. The van der Waals surface area contributed by atoms with Gasteiger partial charge in [0.15, 0.2) is 0 Å². The maximum atomic E-state index is 12.8. The van der Waals surface area contributed by atoms with E-state index in [0.717, 1.165) is 34.7 Å². The predicted octanol–water partition coefficient (Wildman–Crippen LogP) is 4.96. The van der Waals surface area contributed by atoms with Crippen LogP contribution in [0.2, 0.25) is 0 Å². The smallest absolute Gasteiger partial charge is 0.236 e. The van der Waals surface area contributed by atoms with Gasteiger partial charge in [-0.25, -0.2) is 13.4 Å². The highest BCUT2D eigenvalue weighted by atomic mass is 32.2. The number of sulfonamides is 1. The topological polar surface area (TPSA) is 50.3 Å². The molecule has 26 heavy (non-hydrogen) atoms. The first-order chi connectivity index (χ1) is 12.5. The fourth-order valence-electron chi connectivity index (χ4n) is 3.10. The first-order valence-corrected chi connectivity index (χ1v) is 11.9. The van der Waals surface area contributed by atoms with E-state index in [0.29, 0.717) is 23.9 Å². The molecule has 0 aliphatic carbocycles. The Morgan fingerprint density at radius 2 is 1.77 bits per heavy atom. The number of hydrogen-bond donors (Lipinski definition) is 0. The Balaban J connectivity index is 1.55. The van der Waals surface area contributed by atoms with Gasteiger partial charge in [0, 0.05) is 35.0 Å². The second-order valence-corrected chi connectivity index (χ2v) is 10.2. The zero-order valence-corrected chi connectivity index (χ0v) is 16.9. The molecule has 0 radical (unpaired) electrons. The van der Waals surface area contributed by atoms with Crippen LogP contribution in [0.4, 0.5) is 0 Å². The van der Waals surface area contributed by atoms with Gasteiger partial charge in [0.2, 0.25) is 10.0 Å². The lowest BCUT2D eigenvalue weighted by Gasteiger charge is -2.29. The molecule has 0 amide bonds. The number of thiazole rings is 1. The molecule has 4 rings (SSSR count). The molecule has 0 N–H and O–H groups in total. The summed E-state index contributed by atoms with van der Waals surface area (Å²) in [4.78, 5) is 5.04. The summed E-state index contributed by atoms with van der Waals surface area (Å²) in [7, 11) is -3.40. The Morgan fingerprint density at radius 3 is 2.42 bits per heavy atom. The van der Waals surface area contributed by atoms with E-state index in [9.17, 15) is 8.42 Å². The molecule has 3 heterocycles. The lowest BCUT2D eigenvalue weighted by Crippen LogP contribution is -2.37. The lowest BCUT2D eigenvalue weighted by molar-refractivity contribution is 0.288. The number of nitrogens with zero attached hydrogens (tertiary/aromatic N) is 2. The molecular formula is C19H20N2O2S3. The Bertz CT molecular complexity index is 968. The lowest BCUT2D eigenvalue weighted by atomic mass is 10.0. The van der Waals surface area contributed by atoms with Crippen molar-refractivity contribution in [3.8, 4) is 21.8 Å². The molecule has 1 saturated heterocycles. The third-order valence-corrected chi connectivity index (χ3v) is 8.29. The molecule has 0 spiro atoms. The second-order valence-electron chi connectivity index (χ2n) is 6.66. The van der Waals surface area contributed by atoms with E-state index in [1.807, 2.05) is 22.9 Å². The maximum Gasteiger partial charge on any atom is 0.243 e. The number of aromatic nitrogens is 1. The first kappa shape index (κ1) is 17.9. The van der Waals surface area contributed by atoms with Crippen molar-refractivity contribution in [3.05, 3.63) is 46.5 Å². The zero-order chi connectivity index (χ0) is 18.1. The van der Waals surface area contributed by atoms with Crippen LogP contribution in [0.1, 0.15) is 19.8 Å². The van der Waals surface area contributed by atoms with Gasteiger partial charge >= 0.3 is 0 Å². The van der Waals surface area contributed by atoms with E-state index in [-0.39, 0.29) is 0 Å². The number of benzene rings is 1. The van der Waals surface area contributed by atoms with Crippen molar-refractivity contribution in [2.24, 2.45) is 5.92 Å². The van der Waals surface area contributed by atoms with Gasteiger partial charge in [0.1, 0.15) is 5.01 Å². The van der Waals surface area contributed by atoms with Crippen molar-refractivity contribution < 1.29 is 8.42 Å². The normalized spacial score (nSPS) is 16.8. The summed E-state index contributed by atoms with van der Waals surface area (Å²) in [5, 5.41) is 7.12. The van der Waals surface area contributed by atoms with Crippen LogP contribution in [0.5, 0.6) is 0 Å². The minimum atomic E-state index is -3.40. The van der Waals surface area contributed by atoms with Crippen molar-refractivity contribution in [3.63, 3.8) is 0 Å². The van der Waals surface area contributed by atoms with E-state index in [1.54, 1.807) is 39.1 Å². The summed E-state index contributed by atoms with van der Waals surface area (Å²) in [6, 6.07) is 9.17. The van der Waals surface area contributed by atoms with Crippen LogP contribution in [-0.2, 0) is 10.0 Å². The quantitative estimate of drug-likeness (QED) is 0.617. The van der Waals surface area contributed by atoms with Crippen molar-refractivity contribution in [2.45, 2.75) is 24.7 Å². The van der Waals surface area contributed by atoms with Gasteiger partial charge in [0.25, 0.3) is 0 Å². The second kappa shape index (κ2) is 7.23. The maximum absolute atomic E-state index is 12.8.